The summed E-state index contributed by atoms with van der Waals surface area (Å²) >= 11 is 0. The number of nitrogens with zero attached hydrogens (tertiary/aromatic N) is 1. The maximum Gasteiger partial charge on any atom is 0.0431 e. The number of aliphatic hydroxyl groups excluding tert-OH is 1. The maximum atomic E-state index is 8.66. The summed E-state index contributed by atoms with van der Waals surface area (Å²) in [4.78, 5) is 2.50. The van der Waals surface area contributed by atoms with Gasteiger partial charge in [0.15, 0.2) is 0 Å². The first-order valence-electron chi connectivity index (χ1n) is 6.14. The summed E-state index contributed by atoms with van der Waals surface area (Å²) < 4.78 is 0. The maximum absolute atomic E-state index is 8.66. The van der Waals surface area contributed by atoms with Crippen LogP contribution in [0.25, 0.3) is 0 Å². The van der Waals surface area contributed by atoms with Crippen LogP contribution in [0.5, 0.6) is 0 Å². The van der Waals surface area contributed by atoms with E-state index < -0.39 is 0 Å². The molecule has 1 aliphatic rings. The fourth-order valence-electron chi connectivity index (χ4n) is 2.11. The number of nitrogens with two attached hydrogens (primary N) is 1. The molecule has 0 bridgehead atoms. The van der Waals surface area contributed by atoms with Gasteiger partial charge in [0.05, 0.1) is 0 Å². The van der Waals surface area contributed by atoms with Crippen molar-refractivity contribution in [3.05, 3.63) is 0 Å². The van der Waals surface area contributed by atoms with Gasteiger partial charge in [0.2, 0.25) is 0 Å². The number of piperazine rings is 1. The molecule has 1 heterocycles. The van der Waals surface area contributed by atoms with E-state index in [-0.39, 0.29) is 0 Å². The Morgan fingerprint density at radius 3 is 2.80 bits per heavy atom. The first-order valence-corrected chi connectivity index (χ1v) is 6.14. The smallest absolute Gasteiger partial charge is 0.0431 e. The Labute approximate surface area is 92.8 Å². The minimum absolute atomic E-state index is 0.332. The predicted molar refractivity (Wildman–Crippen MR) is 62.8 cm³/mol. The van der Waals surface area contributed by atoms with Gasteiger partial charge in [-0.15, -0.1) is 0 Å². The van der Waals surface area contributed by atoms with Gasteiger partial charge in [-0.05, 0) is 19.4 Å². The molecule has 0 saturated carbocycles. The molecule has 1 unspecified atom stereocenters. The molecule has 0 radical (unpaired) electrons. The van der Waals surface area contributed by atoms with Crippen molar-refractivity contribution < 1.29 is 5.11 Å². The SMILES string of the molecule is NCC1CNCCN1CCCCCCO. The summed E-state index contributed by atoms with van der Waals surface area (Å²) in [6, 6.07) is 0.525. The molecule has 1 atom stereocenters. The molecule has 1 rings (SSSR count). The van der Waals surface area contributed by atoms with Gasteiger partial charge in [-0.25, -0.2) is 0 Å². The van der Waals surface area contributed by atoms with E-state index >= 15 is 0 Å². The highest BCUT2D eigenvalue weighted by atomic mass is 16.2. The summed E-state index contributed by atoms with van der Waals surface area (Å²) in [7, 11) is 0. The normalized spacial score (nSPS) is 23.2. The van der Waals surface area contributed by atoms with E-state index in [1.807, 2.05) is 0 Å². The van der Waals surface area contributed by atoms with Gasteiger partial charge in [-0.3, -0.25) is 4.90 Å². The summed E-state index contributed by atoms with van der Waals surface area (Å²) in [5.74, 6) is 0. The van der Waals surface area contributed by atoms with Crippen molar-refractivity contribution in [1.82, 2.24) is 10.2 Å². The predicted octanol–water partition coefficient (Wildman–Crippen LogP) is -0.228. The third-order valence-corrected chi connectivity index (χ3v) is 3.10. The van der Waals surface area contributed by atoms with E-state index in [0.717, 1.165) is 45.6 Å². The minimum Gasteiger partial charge on any atom is -0.396 e. The lowest BCUT2D eigenvalue weighted by Crippen LogP contribution is -2.54. The van der Waals surface area contributed by atoms with Crippen LogP contribution < -0.4 is 11.1 Å². The lowest BCUT2D eigenvalue weighted by Gasteiger charge is -2.35. The van der Waals surface area contributed by atoms with Gasteiger partial charge >= 0.3 is 0 Å². The van der Waals surface area contributed by atoms with Gasteiger partial charge in [0.1, 0.15) is 0 Å². The average Bonchev–Trinajstić information content (AvgIpc) is 2.29. The molecule has 1 fully saturated rings. The highest BCUT2D eigenvalue weighted by Gasteiger charge is 2.19. The van der Waals surface area contributed by atoms with Crippen LogP contribution in [0.3, 0.4) is 0 Å². The van der Waals surface area contributed by atoms with Crippen molar-refractivity contribution in [2.24, 2.45) is 5.73 Å². The molecule has 1 aliphatic heterocycles. The van der Waals surface area contributed by atoms with Crippen LogP contribution in [-0.2, 0) is 0 Å². The second-order valence-electron chi connectivity index (χ2n) is 4.27. The third-order valence-electron chi connectivity index (χ3n) is 3.10. The van der Waals surface area contributed by atoms with Crippen LogP contribution in [0, 0.1) is 0 Å². The quantitative estimate of drug-likeness (QED) is 0.514. The first-order chi connectivity index (χ1) is 7.38. The van der Waals surface area contributed by atoms with Gasteiger partial charge in [0.25, 0.3) is 0 Å². The molecule has 0 aromatic rings. The topological polar surface area (TPSA) is 61.5 Å². The van der Waals surface area contributed by atoms with E-state index in [4.69, 9.17) is 10.8 Å². The van der Waals surface area contributed by atoms with Crippen molar-refractivity contribution in [3.8, 4) is 0 Å². The zero-order chi connectivity index (χ0) is 10.9. The van der Waals surface area contributed by atoms with Crippen LogP contribution in [0.15, 0.2) is 0 Å². The van der Waals surface area contributed by atoms with Gasteiger partial charge < -0.3 is 16.2 Å². The van der Waals surface area contributed by atoms with Gasteiger partial charge in [0, 0.05) is 38.8 Å². The largest absolute Gasteiger partial charge is 0.396 e. The molecule has 0 amide bonds. The molecule has 4 nitrogen and oxygen atoms in total. The molecule has 0 aromatic heterocycles. The fourth-order valence-corrected chi connectivity index (χ4v) is 2.11. The van der Waals surface area contributed by atoms with Crippen molar-refractivity contribution in [2.75, 3.05) is 39.3 Å². The zero-order valence-corrected chi connectivity index (χ0v) is 9.62. The highest BCUT2D eigenvalue weighted by molar-refractivity contribution is 4.80. The Bertz CT molecular complexity index is 155. The first kappa shape index (κ1) is 12.9. The summed E-state index contributed by atoms with van der Waals surface area (Å²) in [6.07, 6.45) is 4.55. The number of unbranched alkanes of at least 4 members (excludes halogenated alkanes) is 3. The monoisotopic (exact) mass is 215 g/mol. The number of hydrogen-bond acceptors (Lipinski definition) is 4. The molecule has 90 valence electrons. The zero-order valence-electron chi connectivity index (χ0n) is 9.62. The summed E-state index contributed by atoms with van der Waals surface area (Å²) in [6.45, 7) is 5.50. The van der Waals surface area contributed by atoms with Crippen LogP contribution in [0.1, 0.15) is 25.7 Å². The molecule has 0 aromatic carbocycles. The Morgan fingerprint density at radius 1 is 1.27 bits per heavy atom. The Balaban J connectivity index is 2.07. The minimum atomic E-state index is 0.332. The molecule has 0 aliphatic carbocycles. The van der Waals surface area contributed by atoms with Crippen molar-refractivity contribution in [2.45, 2.75) is 31.7 Å². The molecular weight excluding hydrogens is 190 g/mol. The number of nitrogens with one attached hydrogen (secondary N) is 1. The van der Waals surface area contributed by atoms with Crippen LogP contribution in [-0.4, -0.2) is 55.4 Å². The highest BCUT2D eigenvalue weighted by Crippen LogP contribution is 2.06. The molecule has 4 heteroatoms. The van der Waals surface area contributed by atoms with Gasteiger partial charge in [-0.1, -0.05) is 12.8 Å². The number of hydrogen-bond donors (Lipinski definition) is 3. The Morgan fingerprint density at radius 2 is 2.07 bits per heavy atom. The van der Waals surface area contributed by atoms with E-state index in [0.29, 0.717) is 12.6 Å². The summed E-state index contributed by atoms with van der Waals surface area (Å²) in [5.41, 5.74) is 5.73. The van der Waals surface area contributed by atoms with Crippen molar-refractivity contribution in [1.29, 1.82) is 0 Å². The molecule has 4 N–H and O–H groups in total. The lowest BCUT2D eigenvalue weighted by molar-refractivity contribution is 0.162. The Kier molecular flexibility index (Phi) is 6.92. The van der Waals surface area contributed by atoms with Crippen LogP contribution in [0.2, 0.25) is 0 Å². The van der Waals surface area contributed by atoms with Crippen molar-refractivity contribution >= 4 is 0 Å². The van der Waals surface area contributed by atoms with Gasteiger partial charge in [-0.2, -0.15) is 0 Å². The second kappa shape index (κ2) is 8.05. The molecule has 15 heavy (non-hydrogen) atoms. The Hall–Kier alpha value is -0.160. The standard InChI is InChI=1S/C11H25N3O/c12-9-11-10-13-5-7-14(11)6-3-1-2-4-8-15/h11,13,15H,1-10,12H2. The van der Waals surface area contributed by atoms with Crippen LogP contribution >= 0.6 is 0 Å². The van der Waals surface area contributed by atoms with E-state index in [2.05, 4.69) is 10.2 Å². The fraction of sp³-hybridized carbons (Fsp3) is 1.00. The summed E-state index contributed by atoms with van der Waals surface area (Å²) in [5, 5.41) is 12.0. The van der Waals surface area contributed by atoms with Crippen molar-refractivity contribution in [3.63, 3.8) is 0 Å². The lowest BCUT2D eigenvalue weighted by atomic mass is 10.1. The van der Waals surface area contributed by atoms with Crippen LogP contribution in [0.4, 0.5) is 0 Å². The van der Waals surface area contributed by atoms with E-state index in [1.54, 1.807) is 0 Å². The molecule has 0 spiro atoms. The van der Waals surface area contributed by atoms with E-state index in [1.165, 1.54) is 12.8 Å². The number of rotatable bonds is 7. The van der Waals surface area contributed by atoms with E-state index in [9.17, 15) is 0 Å². The second-order valence-corrected chi connectivity index (χ2v) is 4.27. The number of aliphatic hydroxyl groups is 1. The third kappa shape index (κ3) is 4.93. The molecule has 1 saturated heterocycles. The average molecular weight is 215 g/mol. The molecular formula is C11H25N3O.